The number of ketones is 1. The monoisotopic (exact) mass is 325 g/mol. The molecule has 0 aromatic heterocycles. The third-order valence-electron chi connectivity index (χ3n) is 4.41. The van der Waals surface area contributed by atoms with E-state index in [1.54, 1.807) is 20.8 Å². The number of hydrogen-bond acceptors (Lipinski definition) is 6. The molecule has 0 saturated carbocycles. The molecule has 0 aliphatic carbocycles. The van der Waals surface area contributed by atoms with Crippen molar-refractivity contribution in [3.8, 4) is 0 Å². The van der Waals surface area contributed by atoms with E-state index in [1.165, 1.54) is 0 Å². The fourth-order valence-electron chi connectivity index (χ4n) is 3.08. The minimum absolute atomic E-state index is 0.0782. The van der Waals surface area contributed by atoms with Gasteiger partial charge in [0.2, 0.25) is 5.91 Å². The van der Waals surface area contributed by atoms with E-state index in [4.69, 9.17) is 4.74 Å². The molecule has 2 aliphatic rings. The molecule has 0 aromatic rings. The van der Waals surface area contributed by atoms with E-state index in [-0.39, 0.29) is 25.3 Å². The van der Waals surface area contributed by atoms with Crippen molar-refractivity contribution in [2.75, 3.05) is 13.1 Å². The summed E-state index contributed by atoms with van der Waals surface area (Å²) in [5.74, 6) is -2.00. The molecule has 1 spiro atoms. The molecular formula is C15H21N2O6-. The fourth-order valence-corrected chi connectivity index (χ4v) is 3.08. The lowest BCUT2D eigenvalue weighted by atomic mass is 9.77. The van der Waals surface area contributed by atoms with Crippen LogP contribution in [0.2, 0.25) is 0 Å². The SMILES string of the molecule is CC(C)(C)N(CC(=O)C1CC(=O)NCC12CCC(=O)O2)C(=O)[O-]. The summed E-state index contributed by atoms with van der Waals surface area (Å²) < 4.78 is 5.34. The molecule has 1 N–H and O–H groups in total. The lowest BCUT2D eigenvalue weighted by Gasteiger charge is -2.42. The van der Waals surface area contributed by atoms with Crippen molar-refractivity contribution in [3.05, 3.63) is 0 Å². The van der Waals surface area contributed by atoms with Crippen molar-refractivity contribution in [2.24, 2.45) is 5.92 Å². The Morgan fingerprint density at radius 2 is 2.04 bits per heavy atom. The van der Waals surface area contributed by atoms with Gasteiger partial charge in [0.1, 0.15) is 11.7 Å². The zero-order chi connectivity index (χ0) is 17.4. The van der Waals surface area contributed by atoms with Gasteiger partial charge in [0, 0.05) is 24.8 Å². The number of nitrogens with one attached hydrogen (secondary N) is 1. The molecular weight excluding hydrogens is 304 g/mol. The topological polar surface area (TPSA) is 116 Å². The van der Waals surface area contributed by atoms with Gasteiger partial charge in [-0.25, -0.2) is 0 Å². The summed E-state index contributed by atoms with van der Waals surface area (Å²) >= 11 is 0. The van der Waals surface area contributed by atoms with Crippen molar-refractivity contribution in [3.63, 3.8) is 0 Å². The second-order valence-corrected chi connectivity index (χ2v) is 7.06. The van der Waals surface area contributed by atoms with Crippen molar-refractivity contribution in [1.82, 2.24) is 10.2 Å². The number of piperidine rings is 1. The summed E-state index contributed by atoms with van der Waals surface area (Å²) in [5, 5.41) is 13.9. The van der Waals surface area contributed by atoms with Crippen LogP contribution in [0.1, 0.15) is 40.0 Å². The van der Waals surface area contributed by atoms with Crippen LogP contribution in [0.15, 0.2) is 0 Å². The maximum Gasteiger partial charge on any atom is 0.306 e. The lowest BCUT2D eigenvalue weighted by Crippen LogP contribution is -2.60. The average Bonchev–Trinajstić information content (AvgIpc) is 2.79. The van der Waals surface area contributed by atoms with Crippen molar-refractivity contribution in [2.45, 2.75) is 51.2 Å². The number of amides is 2. The average molecular weight is 325 g/mol. The number of nitrogens with zero attached hydrogens (tertiary/aromatic N) is 1. The summed E-state index contributed by atoms with van der Waals surface area (Å²) in [4.78, 5) is 48.0. The summed E-state index contributed by atoms with van der Waals surface area (Å²) in [7, 11) is 0. The van der Waals surface area contributed by atoms with Crippen LogP contribution in [-0.2, 0) is 19.1 Å². The Balaban J connectivity index is 2.22. The highest BCUT2D eigenvalue weighted by molar-refractivity contribution is 5.92. The Labute approximate surface area is 134 Å². The lowest BCUT2D eigenvalue weighted by molar-refractivity contribution is -0.270. The minimum atomic E-state index is -1.46. The summed E-state index contributed by atoms with van der Waals surface area (Å²) in [5.41, 5.74) is -1.87. The maximum absolute atomic E-state index is 12.7. The van der Waals surface area contributed by atoms with Crippen LogP contribution >= 0.6 is 0 Å². The first kappa shape index (κ1) is 17.2. The van der Waals surface area contributed by atoms with Gasteiger partial charge in [-0.15, -0.1) is 0 Å². The molecule has 0 radical (unpaired) electrons. The van der Waals surface area contributed by atoms with Crippen LogP contribution in [0.25, 0.3) is 0 Å². The van der Waals surface area contributed by atoms with E-state index in [0.29, 0.717) is 6.42 Å². The molecule has 2 unspecified atom stereocenters. The predicted octanol–water partition coefficient (Wildman–Crippen LogP) is -0.789. The van der Waals surface area contributed by atoms with Gasteiger partial charge in [0.15, 0.2) is 5.78 Å². The van der Waals surface area contributed by atoms with Gasteiger partial charge in [-0.05, 0) is 20.8 Å². The number of carboxylic acid groups (broad SMARTS) is 1. The van der Waals surface area contributed by atoms with E-state index < -0.39 is 41.4 Å². The normalized spacial score (nSPS) is 27.5. The zero-order valence-corrected chi connectivity index (χ0v) is 13.5. The van der Waals surface area contributed by atoms with Crippen LogP contribution < -0.4 is 10.4 Å². The van der Waals surface area contributed by atoms with Crippen LogP contribution in [0.3, 0.4) is 0 Å². The summed E-state index contributed by atoms with van der Waals surface area (Å²) in [6.07, 6.45) is -1.05. The Hall–Kier alpha value is -2.12. The first-order valence-electron chi connectivity index (χ1n) is 7.55. The number of hydrogen-bond donors (Lipinski definition) is 1. The maximum atomic E-state index is 12.7. The molecule has 2 saturated heterocycles. The van der Waals surface area contributed by atoms with Crippen LogP contribution in [0.4, 0.5) is 4.79 Å². The number of carbonyl (C=O) groups is 4. The first-order valence-corrected chi connectivity index (χ1v) is 7.55. The highest BCUT2D eigenvalue weighted by Gasteiger charge is 2.53. The first-order chi connectivity index (χ1) is 10.5. The quantitative estimate of drug-likeness (QED) is 0.680. The number of esters is 1. The second kappa shape index (κ2) is 5.82. The molecule has 2 aliphatic heterocycles. The molecule has 0 bridgehead atoms. The molecule has 2 atom stereocenters. The zero-order valence-electron chi connectivity index (χ0n) is 13.5. The van der Waals surface area contributed by atoms with Crippen molar-refractivity contribution >= 4 is 23.8 Å². The van der Waals surface area contributed by atoms with Crippen LogP contribution in [0.5, 0.6) is 0 Å². The summed E-state index contributed by atoms with van der Waals surface area (Å²) in [6.45, 7) is 4.62. The Morgan fingerprint density at radius 3 is 2.52 bits per heavy atom. The number of carbonyl (C=O) groups excluding carboxylic acids is 4. The third kappa shape index (κ3) is 3.46. The van der Waals surface area contributed by atoms with Crippen molar-refractivity contribution < 1.29 is 29.0 Å². The Morgan fingerprint density at radius 1 is 1.39 bits per heavy atom. The highest BCUT2D eigenvalue weighted by atomic mass is 16.6. The standard InChI is InChI=1S/C15H22N2O6/c1-14(2,3)17(13(21)22)7-10(18)9-6-11(19)16-8-15(9)5-4-12(20)23-15/h9H,4-8H2,1-3H3,(H,16,19)(H,21,22)/p-1. The van der Waals surface area contributed by atoms with Crippen LogP contribution in [0, 0.1) is 5.92 Å². The van der Waals surface area contributed by atoms with E-state index in [1.807, 2.05) is 0 Å². The molecule has 2 rings (SSSR count). The Bertz CT molecular complexity index is 553. The highest BCUT2D eigenvalue weighted by Crippen LogP contribution is 2.38. The Kier molecular flexibility index (Phi) is 4.37. The van der Waals surface area contributed by atoms with Gasteiger partial charge < -0.3 is 24.9 Å². The second-order valence-electron chi connectivity index (χ2n) is 7.06. The van der Waals surface area contributed by atoms with Gasteiger partial charge in [-0.2, -0.15) is 0 Å². The number of rotatable bonds is 3. The molecule has 8 heteroatoms. The van der Waals surface area contributed by atoms with E-state index in [0.717, 1.165) is 4.90 Å². The minimum Gasteiger partial charge on any atom is -0.530 e. The molecule has 8 nitrogen and oxygen atoms in total. The largest absolute Gasteiger partial charge is 0.530 e. The van der Waals surface area contributed by atoms with Gasteiger partial charge in [-0.1, -0.05) is 0 Å². The molecule has 23 heavy (non-hydrogen) atoms. The van der Waals surface area contributed by atoms with E-state index >= 15 is 0 Å². The molecule has 2 amide bonds. The number of Topliss-reactive ketones (excluding diaryl/α,β-unsaturated/α-hetero) is 1. The van der Waals surface area contributed by atoms with Gasteiger partial charge in [-0.3, -0.25) is 14.4 Å². The van der Waals surface area contributed by atoms with Crippen molar-refractivity contribution in [1.29, 1.82) is 0 Å². The molecule has 128 valence electrons. The van der Waals surface area contributed by atoms with Gasteiger partial charge in [0.05, 0.1) is 19.0 Å². The van der Waals surface area contributed by atoms with Gasteiger partial charge >= 0.3 is 5.97 Å². The van der Waals surface area contributed by atoms with Crippen LogP contribution in [-0.4, -0.2) is 52.9 Å². The summed E-state index contributed by atoms with van der Waals surface area (Å²) in [6, 6.07) is 0. The van der Waals surface area contributed by atoms with E-state index in [9.17, 15) is 24.3 Å². The molecule has 2 fully saturated rings. The molecule has 2 heterocycles. The fraction of sp³-hybridized carbons (Fsp3) is 0.733. The predicted molar refractivity (Wildman–Crippen MR) is 76.0 cm³/mol. The van der Waals surface area contributed by atoms with E-state index in [2.05, 4.69) is 5.32 Å². The van der Waals surface area contributed by atoms with Gasteiger partial charge in [0.25, 0.3) is 0 Å². The number of ether oxygens (including phenoxy) is 1. The molecule has 0 aromatic carbocycles. The smallest absolute Gasteiger partial charge is 0.306 e. The third-order valence-corrected chi connectivity index (χ3v) is 4.41.